The molecular weight excluding hydrogens is 346 g/mol. The molecule has 0 radical (unpaired) electrons. The molecule has 3 aromatic heterocycles. The average molecular weight is 364 g/mol. The summed E-state index contributed by atoms with van der Waals surface area (Å²) in [6.07, 6.45) is 8.08. The second kappa shape index (κ2) is 7.14. The maximum atomic E-state index is 6.07. The molecule has 5 nitrogen and oxygen atoms in total. The van der Waals surface area contributed by atoms with Crippen molar-refractivity contribution in [2.45, 2.75) is 13.0 Å². The Kier molecular flexibility index (Phi) is 4.54. The van der Waals surface area contributed by atoms with Gasteiger partial charge in [0.15, 0.2) is 0 Å². The summed E-state index contributed by atoms with van der Waals surface area (Å²) >= 11 is 6.07. The van der Waals surface area contributed by atoms with Gasteiger partial charge in [-0.15, -0.1) is 0 Å². The zero-order valence-corrected chi connectivity index (χ0v) is 15.1. The lowest BCUT2D eigenvalue weighted by Gasteiger charge is -2.17. The Labute approximate surface area is 156 Å². The molecule has 0 atom stereocenters. The van der Waals surface area contributed by atoms with Crippen molar-refractivity contribution in [1.82, 2.24) is 19.9 Å². The van der Waals surface area contributed by atoms with Crippen LogP contribution in [0.3, 0.4) is 0 Å². The molecule has 0 saturated carbocycles. The molecule has 0 amide bonds. The number of nitrogens with zero attached hydrogens (tertiary/aromatic N) is 4. The number of fused-ring (bicyclic) bond motifs is 1. The molecule has 0 spiro atoms. The Hall–Kier alpha value is -2.92. The summed E-state index contributed by atoms with van der Waals surface area (Å²) in [7, 11) is 2.00. The Morgan fingerprint density at radius 2 is 1.77 bits per heavy atom. The van der Waals surface area contributed by atoms with E-state index in [-0.39, 0.29) is 0 Å². The average Bonchev–Trinajstić information content (AvgIpc) is 3.05. The zero-order valence-electron chi connectivity index (χ0n) is 14.4. The summed E-state index contributed by atoms with van der Waals surface area (Å²) < 4.78 is 0. The van der Waals surface area contributed by atoms with Gasteiger partial charge >= 0.3 is 0 Å². The van der Waals surface area contributed by atoms with Crippen LogP contribution in [-0.2, 0) is 13.0 Å². The van der Waals surface area contributed by atoms with Gasteiger partial charge in [-0.1, -0.05) is 41.9 Å². The third-order valence-electron chi connectivity index (χ3n) is 4.27. The molecule has 0 aliphatic heterocycles. The lowest BCUT2D eigenvalue weighted by molar-refractivity contribution is 0.861. The van der Waals surface area contributed by atoms with Gasteiger partial charge in [0.1, 0.15) is 5.65 Å². The predicted molar refractivity (Wildman–Crippen MR) is 104 cm³/mol. The third-order valence-corrected chi connectivity index (χ3v) is 4.48. The number of H-pyrrole nitrogens is 1. The van der Waals surface area contributed by atoms with E-state index in [0.29, 0.717) is 11.0 Å². The van der Waals surface area contributed by atoms with Crippen molar-refractivity contribution in [3.05, 3.63) is 82.9 Å². The number of aromatic nitrogens is 4. The van der Waals surface area contributed by atoms with E-state index in [4.69, 9.17) is 11.6 Å². The molecular formula is C20H18ClN5. The van der Waals surface area contributed by atoms with Gasteiger partial charge in [-0.2, -0.15) is 0 Å². The van der Waals surface area contributed by atoms with Crippen molar-refractivity contribution >= 4 is 28.6 Å². The molecule has 0 fully saturated rings. The van der Waals surface area contributed by atoms with Crippen LogP contribution in [0.2, 0.25) is 5.02 Å². The predicted octanol–water partition coefficient (Wildman–Crippen LogP) is 4.23. The second-order valence-corrected chi connectivity index (χ2v) is 6.71. The fraction of sp³-hybridized carbons (Fsp3) is 0.150. The standard InChI is InChI=1S/C20H18ClN5/c1-26(13-14-5-3-2-4-6-14)20-24-9-15(10-25-20)7-16-11-22-19-18(16)8-17(21)12-23-19/h2-6,8-12H,7,13H2,1H3,(H,22,23). The molecule has 0 bridgehead atoms. The number of nitrogens with one attached hydrogen (secondary N) is 1. The number of anilines is 1. The van der Waals surface area contributed by atoms with Crippen LogP contribution < -0.4 is 4.90 Å². The highest BCUT2D eigenvalue weighted by molar-refractivity contribution is 6.31. The van der Waals surface area contributed by atoms with E-state index in [1.165, 1.54) is 5.56 Å². The monoisotopic (exact) mass is 363 g/mol. The maximum Gasteiger partial charge on any atom is 0.225 e. The van der Waals surface area contributed by atoms with Gasteiger partial charge in [0, 0.05) is 50.2 Å². The van der Waals surface area contributed by atoms with E-state index in [9.17, 15) is 0 Å². The Morgan fingerprint density at radius 1 is 1.00 bits per heavy atom. The fourth-order valence-electron chi connectivity index (χ4n) is 2.96. The highest BCUT2D eigenvalue weighted by atomic mass is 35.5. The van der Waals surface area contributed by atoms with E-state index in [2.05, 4.69) is 32.1 Å². The quantitative estimate of drug-likeness (QED) is 0.576. The zero-order chi connectivity index (χ0) is 17.9. The van der Waals surface area contributed by atoms with Gasteiger partial charge < -0.3 is 9.88 Å². The van der Waals surface area contributed by atoms with Gasteiger partial charge in [-0.3, -0.25) is 0 Å². The summed E-state index contributed by atoms with van der Waals surface area (Å²) in [6.45, 7) is 0.771. The molecule has 0 aliphatic carbocycles. The number of aromatic amines is 1. The number of pyridine rings is 1. The van der Waals surface area contributed by atoms with Crippen LogP contribution in [0.15, 0.2) is 61.2 Å². The number of hydrogen-bond acceptors (Lipinski definition) is 4. The first-order valence-corrected chi connectivity index (χ1v) is 8.74. The van der Waals surface area contributed by atoms with Crippen LogP contribution in [-0.4, -0.2) is 27.0 Å². The largest absolute Gasteiger partial charge is 0.346 e. The van der Waals surface area contributed by atoms with Crippen LogP contribution in [0.25, 0.3) is 11.0 Å². The number of hydrogen-bond donors (Lipinski definition) is 1. The maximum absolute atomic E-state index is 6.07. The van der Waals surface area contributed by atoms with Crippen LogP contribution in [0.5, 0.6) is 0 Å². The molecule has 0 aliphatic rings. The van der Waals surface area contributed by atoms with E-state index in [0.717, 1.165) is 35.1 Å². The van der Waals surface area contributed by atoms with Crippen LogP contribution in [0, 0.1) is 0 Å². The van der Waals surface area contributed by atoms with E-state index in [1.807, 2.05) is 54.8 Å². The highest BCUT2D eigenvalue weighted by Gasteiger charge is 2.09. The number of halogens is 1. The minimum atomic E-state index is 0.632. The summed E-state index contributed by atoms with van der Waals surface area (Å²) in [4.78, 5) is 18.5. The molecule has 0 saturated heterocycles. The molecule has 1 N–H and O–H groups in total. The summed E-state index contributed by atoms with van der Waals surface area (Å²) in [5.74, 6) is 0.709. The summed E-state index contributed by atoms with van der Waals surface area (Å²) in [5, 5.41) is 1.66. The molecule has 4 rings (SSSR count). The summed E-state index contributed by atoms with van der Waals surface area (Å²) in [6, 6.07) is 12.2. The third kappa shape index (κ3) is 3.53. The number of rotatable bonds is 5. The van der Waals surface area contributed by atoms with Gasteiger partial charge in [-0.25, -0.2) is 15.0 Å². The minimum absolute atomic E-state index is 0.632. The van der Waals surface area contributed by atoms with Crippen molar-refractivity contribution in [1.29, 1.82) is 0 Å². The fourth-order valence-corrected chi connectivity index (χ4v) is 3.12. The van der Waals surface area contributed by atoms with Gasteiger partial charge in [0.25, 0.3) is 0 Å². The Balaban J connectivity index is 1.49. The van der Waals surface area contributed by atoms with Crippen molar-refractivity contribution in [3.63, 3.8) is 0 Å². The van der Waals surface area contributed by atoms with Crippen molar-refractivity contribution in [3.8, 4) is 0 Å². The minimum Gasteiger partial charge on any atom is -0.346 e. The van der Waals surface area contributed by atoms with Gasteiger partial charge in [-0.05, 0) is 22.8 Å². The topological polar surface area (TPSA) is 57.7 Å². The van der Waals surface area contributed by atoms with Crippen molar-refractivity contribution < 1.29 is 0 Å². The first-order chi connectivity index (χ1) is 12.7. The number of benzene rings is 1. The molecule has 130 valence electrons. The van der Waals surface area contributed by atoms with E-state index < -0.39 is 0 Å². The van der Waals surface area contributed by atoms with Crippen LogP contribution in [0.1, 0.15) is 16.7 Å². The smallest absolute Gasteiger partial charge is 0.225 e. The first kappa shape index (κ1) is 16.5. The summed E-state index contributed by atoms with van der Waals surface area (Å²) in [5.41, 5.74) is 4.24. The van der Waals surface area contributed by atoms with E-state index in [1.54, 1.807) is 6.20 Å². The molecule has 6 heteroatoms. The van der Waals surface area contributed by atoms with Gasteiger partial charge in [0.2, 0.25) is 5.95 Å². The SMILES string of the molecule is CN(Cc1ccccc1)c1ncc(Cc2c[nH]c3ncc(Cl)cc23)cn1. The molecule has 0 unspecified atom stereocenters. The van der Waals surface area contributed by atoms with Crippen LogP contribution in [0.4, 0.5) is 5.95 Å². The van der Waals surface area contributed by atoms with Crippen LogP contribution >= 0.6 is 11.6 Å². The van der Waals surface area contributed by atoms with Crippen molar-refractivity contribution in [2.75, 3.05) is 11.9 Å². The molecule has 4 aromatic rings. The Bertz CT molecular complexity index is 1010. The van der Waals surface area contributed by atoms with Crippen molar-refractivity contribution in [2.24, 2.45) is 0 Å². The first-order valence-electron chi connectivity index (χ1n) is 8.36. The Morgan fingerprint density at radius 3 is 2.54 bits per heavy atom. The molecule has 26 heavy (non-hydrogen) atoms. The second-order valence-electron chi connectivity index (χ2n) is 6.27. The highest BCUT2D eigenvalue weighted by Crippen LogP contribution is 2.22. The lowest BCUT2D eigenvalue weighted by atomic mass is 10.1. The molecule has 3 heterocycles. The normalized spacial score (nSPS) is 11.0. The van der Waals surface area contributed by atoms with Gasteiger partial charge in [0.05, 0.1) is 5.02 Å². The molecule has 1 aromatic carbocycles. The van der Waals surface area contributed by atoms with E-state index >= 15 is 0 Å². The lowest BCUT2D eigenvalue weighted by Crippen LogP contribution is -2.19.